The van der Waals surface area contributed by atoms with Gasteiger partial charge in [0.05, 0.1) is 11.5 Å². The highest BCUT2D eigenvalue weighted by molar-refractivity contribution is 7.80. The second-order valence-electron chi connectivity index (χ2n) is 3.96. The average molecular weight is 257 g/mol. The zero-order chi connectivity index (χ0) is 11.4. The van der Waals surface area contributed by atoms with Gasteiger partial charge in [-0.3, -0.25) is 4.79 Å². The van der Waals surface area contributed by atoms with E-state index in [2.05, 4.69) is 17.9 Å². The lowest BCUT2D eigenvalue weighted by Crippen LogP contribution is -2.32. The van der Waals surface area contributed by atoms with Crippen LogP contribution in [0.3, 0.4) is 0 Å². The number of amides is 1. The molecular formula is C11H15NO2S2. The van der Waals surface area contributed by atoms with E-state index in [9.17, 15) is 4.79 Å². The molecule has 1 aromatic rings. The van der Waals surface area contributed by atoms with E-state index >= 15 is 0 Å². The van der Waals surface area contributed by atoms with E-state index in [1.165, 1.54) is 11.3 Å². The van der Waals surface area contributed by atoms with Gasteiger partial charge in [-0.1, -0.05) is 0 Å². The average Bonchev–Trinajstić information content (AvgIpc) is 2.74. The normalized spacial score (nSPS) is 20.7. The maximum absolute atomic E-state index is 11.7. The Kier molecular flexibility index (Phi) is 4.26. The summed E-state index contributed by atoms with van der Waals surface area (Å²) in [6.07, 6.45) is 2.24. The van der Waals surface area contributed by atoms with Gasteiger partial charge in [0.1, 0.15) is 0 Å². The van der Waals surface area contributed by atoms with Crippen molar-refractivity contribution in [3.8, 4) is 0 Å². The van der Waals surface area contributed by atoms with E-state index in [1.54, 1.807) is 6.07 Å². The minimum absolute atomic E-state index is 0.00382. The van der Waals surface area contributed by atoms with E-state index in [0.29, 0.717) is 12.5 Å². The second-order valence-corrected chi connectivity index (χ2v) is 5.39. The topological polar surface area (TPSA) is 38.3 Å². The van der Waals surface area contributed by atoms with E-state index in [4.69, 9.17) is 4.74 Å². The SMILES string of the molecule is O=C(NCC1CCCOC1)c1cc(S)cs1. The fourth-order valence-electron chi connectivity index (χ4n) is 1.74. The van der Waals surface area contributed by atoms with Gasteiger partial charge in [-0.15, -0.1) is 24.0 Å². The van der Waals surface area contributed by atoms with Gasteiger partial charge in [0, 0.05) is 23.4 Å². The fraction of sp³-hybridized carbons (Fsp3) is 0.545. The summed E-state index contributed by atoms with van der Waals surface area (Å²) in [6.45, 7) is 2.33. The van der Waals surface area contributed by atoms with Crippen LogP contribution in [0.4, 0.5) is 0 Å². The lowest BCUT2D eigenvalue weighted by Gasteiger charge is -2.21. The number of hydrogen-bond acceptors (Lipinski definition) is 4. The summed E-state index contributed by atoms with van der Waals surface area (Å²) >= 11 is 5.60. The number of hydrogen-bond donors (Lipinski definition) is 2. The van der Waals surface area contributed by atoms with Gasteiger partial charge in [-0.05, 0) is 24.8 Å². The van der Waals surface area contributed by atoms with Crippen LogP contribution in [-0.4, -0.2) is 25.7 Å². The molecule has 5 heteroatoms. The molecule has 1 aliphatic heterocycles. The molecule has 1 atom stereocenters. The van der Waals surface area contributed by atoms with Gasteiger partial charge in [-0.2, -0.15) is 0 Å². The van der Waals surface area contributed by atoms with Crippen LogP contribution in [0.5, 0.6) is 0 Å². The Morgan fingerprint density at radius 2 is 2.56 bits per heavy atom. The molecule has 1 unspecified atom stereocenters. The van der Waals surface area contributed by atoms with Crippen molar-refractivity contribution in [1.29, 1.82) is 0 Å². The Bertz CT molecular complexity index is 359. The predicted octanol–water partition coefficient (Wildman–Crippen LogP) is 2.19. The number of ether oxygens (including phenoxy) is 1. The molecule has 0 aliphatic carbocycles. The number of thiophene rings is 1. The van der Waals surface area contributed by atoms with Crippen molar-refractivity contribution in [2.75, 3.05) is 19.8 Å². The highest BCUT2D eigenvalue weighted by Gasteiger charge is 2.15. The Hall–Kier alpha value is -0.520. The highest BCUT2D eigenvalue weighted by Crippen LogP contribution is 2.18. The first-order chi connectivity index (χ1) is 7.75. The maximum atomic E-state index is 11.7. The smallest absolute Gasteiger partial charge is 0.261 e. The molecule has 0 saturated carbocycles. The maximum Gasteiger partial charge on any atom is 0.261 e. The lowest BCUT2D eigenvalue weighted by molar-refractivity contribution is 0.0536. The van der Waals surface area contributed by atoms with Gasteiger partial charge in [0.15, 0.2) is 0 Å². The summed E-state index contributed by atoms with van der Waals surface area (Å²) in [7, 11) is 0. The van der Waals surface area contributed by atoms with Gasteiger partial charge in [0.25, 0.3) is 5.91 Å². The summed E-state index contributed by atoms with van der Waals surface area (Å²) < 4.78 is 5.36. The van der Waals surface area contributed by atoms with E-state index < -0.39 is 0 Å². The molecule has 2 heterocycles. The zero-order valence-corrected chi connectivity index (χ0v) is 10.7. The first-order valence-electron chi connectivity index (χ1n) is 5.39. The molecular weight excluding hydrogens is 242 g/mol. The number of rotatable bonds is 3. The Balaban J connectivity index is 1.79. The van der Waals surface area contributed by atoms with E-state index in [1.807, 2.05) is 5.38 Å². The molecule has 2 rings (SSSR count). The van der Waals surface area contributed by atoms with Crippen molar-refractivity contribution >= 4 is 29.9 Å². The second kappa shape index (κ2) is 5.70. The van der Waals surface area contributed by atoms with Crippen molar-refractivity contribution < 1.29 is 9.53 Å². The zero-order valence-electron chi connectivity index (χ0n) is 8.94. The van der Waals surface area contributed by atoms with Gasteiger partial charge < -0.3 is 10.1 Å². The molecule has 16 heavy (non-hydrogen) atoms. The highest BCUT2D eigenvalue weighted by atomic mass is 32.1. The quantitative estimate of drug-likeness (QED) is 0.815. The molecule has 1 saturated heterocycles. The number of carbonyl (C=O) groups is 1. The molecule has 0 radical (unpaired) electrons. The third kappa shape index (κ3) is 3.23. The van der Waals surface area contributed by atoms with E-state index in [-0.39, 0.29) is 5.91 Å². The molecule has 1 fully saturated rings. The van der Waals surface area contributed by atoms with Crippen molar-refractivity contribution in [1.82, 2.24) is 5.32 Å². The van der Waals surface area contributed by atoms with Crippen molar-refractivity contribution in [2.24, 2.45) is 5.92 Å². The third-order valence-corrected chi connectivity index (χ3v) is 3.98. The summed E-state index contributed by atoms with van der Waals surface area (Å²) in [4.78, 5) is 13.3. The molecule has 3 nitrogen and oxygen atoms in total. The van der Waals surface area contributed by atoms with Crippen LogP contribution in [0.2, 0.25) is 0 Å². The fourth-order valence-corrected chi connectivity index (χ4v) is 2.80. The van der Waals surface area contributed by atoms with Crippen LogP contribution in [0.15, 0.2) is 16.3 Å². The minimum Gasteiger partial charge on any atom is -0.381 e. The first-order valence-corrected chi connectivity index (χ1v) is 6.72. The summed E-state index contributed by atoms with van der Waals surface area (Å²) in [5.74, 6) is 0.462. The Morgan fingerprint density at radius 1 is 1.69 bits per heavy atom. The van der Waals surface area contributed by atoms with Crippen molar-refractivity contribution in [3.63, 3.8) is 0 Å². The molecule has 1 N–H and O–H groups in total. The third-order valence-electron chi connectivity index (χ3n) is 2.62. The van der Waals surface area contributed by atoms with Crippen LogP contribution in [0.25, 0.3) is 0 Å². The number of carbonyl (C=O) groups excluding carboxylic acids is 1. The molecule has 0 spiro atoms. The first kappa shape index (κ1) is 12.0. The van der Waals surface area contributed by atoms with Crippen LogP contribution in [0.1, 0.15) is 22.5 Å². The largest absolute Gasteiger partial charge is 0.381 e. The lowest BCUT2D eigenvalue weighted by atomic mass is 10.0. The minimum atomic E-state index is -0.00382. The molecule has 1 aliphatic rings. The summed E-state index contributed by atoms with van der Waals surface area (Å²) in [5, 5.41) is 4.80. The Morgan fingerprint density at radius 3 is 3.19 bits per heavy atom. The molecule has 0 bridgehead atoms. The number of thiol groups is 1. The molecule has 1 amide bonds. The monoisotopic (exact) mass is 257 g/mol. The van der Waals surface area contributed by atoms with Crippen molar-refractivity contribution in [2.45, 2.75) is 17.7 Å². The predicted molar refractivity (Wildman–Crippen MR) is 67.4 cm³/mol. The number of nitrogens with one attached hydrogen (secondary N) is 1. The van der Waals surface area contributed by atoms with Crippen LogP contribution < -0.4 is 5.32 Å². The van der Waals surface area contributed by atoms with Crippen molar-refractivity contribution in [3.05, 3.63) is 16.3 Å². The summed E-state index contributed by atoms with van der Waals surface area (Å²) in [6, 6.07) is 1.79. The summed E-state index contributed by atoms with van der Waals surface area (Å²) in [5.41, 5.74) is 0. The standard InChI is InChI=1S/C11H15NO2S2/c13-11(10-4-9(15)7-16-10)12-5-8-2-1-3-14-6-8/h4,7-8,15H,1-3,5-6H2,(H,12,13). The molecule has 1 aromatic heterocycles. The van der Waals surface area contributed by atoms with Crippen LogP contribution in [0, 0.1) is 5.92 Å². The molecule has 88 valence electrons. The van der Waals surface area contributed by atoms with Crippen LogP contribution >= 0.6 is 24.0 Å². The molecule has 0 aromatic carbocycles. The van der Waals surface area contributed by atoms with Gasteiger partial charge in [0.2, 0.25) is 0 Å². The van der Waals surface area contributed by atoms with E-state index in [0.717, 1.165) is 35.8 Å². The van der Waals surface area contributed by atoms with Crippen LogP contribution in [-0.2, 0) is 4.74 Å². The van der Waals surface area contributed by atoms with Gasteiger partial charge in [-0.25, -0.2) is 0 Å². The van der Waals surface area contributed by atoms with Gasteiger partial charge >= 0.3 is 0 Å². The Labute approximate surface area is 105 Å².